The quantitative estimate of drug-likeness (QED) is 0.124. The van der Waals surface area contributed by atoms with Gasteiger partial charge in [0, 0.05) is 38.1 Å². The van der Waals surface area contributed by atoms with Crippen LogP contribution in [0.2, 0.25) is 0 Å². The van der Waals surface area contributed by atoms with Gasteiger partial charge >= 0.3 is 5.97 Å². The molecule has 2 N–H and O–H groups in total. The molecule has 7 nitrogen and oxygen atoms in total. The van der Waals surface area contributed by atoms with Crippen LogP contribution in [0.25, 0.3) is 0 Å². The number of phenolic OH excluding ortho intramolecular Hbond substituents is 1. The Kier molecular flexibility index (Phi) is 7.59. The highest BCUT2D eigenvalue weighted by Crippen LogP contribution is 2.30. The lowest BCUT2D eigenvalue weighted by Crippen LogP contribution is -2.45. The summed E-state index contributed by atoms with van der Waals surface area (Å²) in [7, 11) is 1.86. The molecule has 1 heterocycles. The Morgan fingerprint density at radius 3 is 2.33 bits per heavy atom. The molecule has 33 heavy (non-hydrogen) atoms. The van der Waals surface area contributed by atoms with Gasteiger partial charge in [0.05, 0.1) is 12.2 Å². The molecule has 0 radical (unpaired) electrons. The number of halogens is 3. The van der Waals surface area contributed by atoms with Gasteiger partial charge in [0.1, 0.15) is 22.8 Å². The summed E-state index contributed by atoms with van der Waals surface area (Å²) in [4.78, 5) is 28.7. The number of benzene rings is 2. The number of carbonyl (C=O) groups is 2. The molecule has 0 spiro atoms. The van der Waals surface area contributed by atoms with E-state index in [1.807, 2.05) is 11.9 Å². The van der Waals surface area contributed by atoms with Crippen LogP contribution >= 0.6 is 0 Å². The SMILES string of the molecule is CCOC(=O)C(=CNc1ccc(O)cc1)C(=O)c1cc(F)c(N2CCN(C)CC2)c(F)c1F. The van der Waals surface area contributed by atoms with Gasteiger partial charge < -0.3 is 25.0 Å². The van der Waals surface area contributed by atoms with E-state index in [4.69, 9.17) is 4.74 Å². The molecule has 0 unspecified atom stereocenters. The van der Waals surface area contributed by atoms with Crippen LogP contribution in [-0.2, 0) is 9.53 Å². The van der Waals surface area contributed by atoms with Gasteiger partial charge in [-0.05, 0) is 44.3 Å². The fraction of sp³-hybridized carbons (Fsp3) is 0.304. The molecular formula is C23H24F3N3O4. The zero-order valence-electron chi connectivity index (χ0n) is 18.2. The Morgan fingerprint density at radius 1 is 1.09 bits per heavy atom. The van der Waals surface area contributed by atoms with E-state index in [1.165, 1.54) is 36.1 Å². The molecule has 1 aliphatic rings. The first kappa shape index (κ1) is 24.1. The predicted molar refractivity (Wildman–Crippen MR) is 117 cm³/mol. The van der Waals surface area contributed by atoms with Crippen LogP contribution in [0.4, 0.5) is 24.5 Å². The Morgan fingerprint density at radius 2 is 1.73 bits per heavy atom. The fourth-order valence-corrected chi connectivity index (χ4v) is 3.35. The van der Waals surface area contributed by atoms with Crippen LogP contribution < -0.4 is 10.2 Å². The molecule has 0 atom stereocenters. The minimum Gasteiger partial charge on any atom is -0.508 e. The lowest BCUT2D eigenvalue weighted by Gasteiger charge is -2.34. The largest absolute Gasteiger partial charge is 0.508 e. The van der Waals surface area contributed by atoms with Gasteiger partial charge in [-0.1, -0.05) is 0 Å². The maximum absolute atomic E-state index is 14.9. The monoisotopic (exact) mass is 463 g/mol. The van der Waals surface area contributed by atoms with E-state index in [9.17, 15) is 27.9 Å². The predicted octanol–water partition coefficient (Wildman–Crippen LogP) is 3.30. The molecule has 0 amide bonds. The number of hydrogen-bond acceptors (Lipinski definition) is 7. The summed E-state index contributed by atoms with van der Waals surface area (Å²) in [6, 6.07) is 6.25. The standard InChI is InChI=1S/C23H24F3N3O4/c1-3-33-23(32)17(13-27-14-4-6-15(30)7-5-14)22(31)16-12-18(24)21(20(26)19(16)25)29-10-8-28(2)9-11-29/h4-7,12-13,27,30H,3,8-11H2,1-2H3. The first-order valence-electron chi connectivity index (χ1n) is 10.3. The van der Waals surface area contributed by atoms with Crippen LogP contribution in [0.5, 0.6) is 5.75 Å². The molecule has 0 aromatic heterocycles. The molecule has 1 aliphatic heterocycles. The molecule has 10 heteroatoms. The second-order valence-corrected chi connectivity index (χ2v) is 7.47. The van der Waals surface area contributed by atoms with E-state index in [-0.39, 0.29) is 12.4 Å². The third-order valence-corrected chi connectivity index (χ3v) is 5.19. The summed E-state index contributed by atoms with van der Waals surface area (Å²) in [5, 5.41) is 12.0. The summed E-state index contributed by atoms with van der Waals surface area (Å²) in [6.45, 7) is 3.11. The molecule has 1 saturated heterocycles. The van der Waals surface area contributed by atoms with Gasteiger partial charge in [0.15, 0.2) is 11.6 Å². The average Bonchev–Trinajstić information content (AvgIpc) is 2.79. The lowest BCUT2D eigenvalue weighted by molar-refractivity contribution is -0.138. The Bertz CT molecular complexity index is 1070. The van der Waals surface area contributed by atoms with Crippen LogP contribution in [0, 0.1) is 17.5 Å². The average molecular weight is 463 g/mol. The summed E-state index contributed by atoms with van der Waals surface area (Å²) < 4.78 is 49.5. The van der Waals surface area contributed by atoms with Crippen molar-refractivity contribution in [1.29, 1.82) is 0 Å². The lowest BCUT2D eigenvalue weighted by atomic mass is 10.0. The first-order valence-corrected chi connectivity index (χ1v) is 10.3. The van der Waals surface area contributed by atoms with Crippen molar-refractivity contribution in [2.45, 2.75) is 6.92 Å². The number of ketones is 1. The van der Waals surface area contributed by atoms with Crippen molar-refractivity contribution in [1.82, 2.24) is 4.90 Å². The third-order valence-electron chi connectivity index (χ3n) is 5.19. The van der Waals surface area contributed by atoms with Gasteiger partial charge in [-0.15, -0.1) is 0 Å². The Hall–Kier alpha value is -3.53. The molecule has 0 saturated carbocycles. The number of Topliss-reactive ketones (excluding diaryl/α,β-unsaturated/α-hetero) is 1. The number of nitrogens with zero attached hydrogens (tertiary/aromatic N) is 2. The third kappa shape index (κ3) is 5.46. The highest BCUT2D eigenvalue weighted by Gasteiger charge is 2.31. The van der Waals surface area contributed by atoms with Crippen LogP contribution in [0.3, 0.4) is 0 Å². The Labute approximate surface area is 189 Å². The second kappa shape index (κ2) is 10.4. The van der Waals surface area contributed by atoms with E-state index < -0.39 is 46.0 Å². The van der Waals surface area contributed by atoms with Crippen LogP contribution in [0.15, 0.2) is 42.1 Å². The molecule has 1 fully saturated rings. The first-order chi connectivity index (χ1) is 15.7. The van der Waals surface area contributed by atoms with Gasteiger partial charge in [-0.25, -0.2) is 18.0 Å². The van der Waals surface area contributed by atoms with Gasteiger partial charge in [-0.2, -0.15) is 0 Å². The van der Waals surface area contributed by atoms with Crippen molar-refractivity contribution in [3.8, 4) is 5.75 Å². The maximum Gasteiger partial charge on any atom is 0.343 e. The zero-order valence-corrected chi connectivity index (χ0v) is 18.2. The maximum atomic E-state index is 14.9. The second-order valence-electron chi connectivity index (χ2n) is 7.47. The van der Waals surface area contributed by atoms with Crippen molar-refractivity contribution >= 4 is 23.1 Å². The topological polar surface area (TPSA) is 82.1 Å². The van der Waals surface area contributed by atoms with Crippen molar-refractivity contribution in [3.63, 3.8) is 0 Å². The Balaban J connectivity index is 1.95. The van der Waals surface area contributed by atoms with Crippen molar-refractivity contribution in [2.75, 3.05) is 50.1 Å². The number of piperazine rings is 1. The highest BCUT2D eigenvalue weighted by molar-refractivity contribution is 6.24. The molecule has 2 aromatic rings. The number of anilines is 2. The van der Waals surface area contributed by atoms with Gasteiger partial charge in [-0.3, -0.25) is 4.79 Å². The van der Waals surface area contributed by atoms with E-state index in [0.717, 1.165) is 6.20 Å². The molecule has 0 bridgehead atoms. The number of nitrogens with one attached hydrogen (secondary N) is 1. The van der Waals surface area contributed by atoms with Gasteiger partial charge in [0.25, 0.3) is 0 Å². The van der Waals surface area contributed by atoms with Crippen LogP contribution in [0.1, 0.15) is 17.3 Å². The number of phenols is 1. The smallest absolute Gasteiger partial charge is 0.343 e. The number of carbonyl (C=O) groups excluding carboxylic acids is 2. The zero-order chi connectivity index (χ0) is 24.1. The van der Waals surface area contributed by atoms with Crippen LogP contribution in [-0.4, -0.2) is 61.6 Å². The molecule has 2 aromatic carbocycles. The highest BCUT2D eigenvalue weighted by atomic mass is 19.2. The van der Waals surface area contributed by atoms with E-state index in [1.54, 1.807) is 0 Å². The summed E-state index contributed by atoms with van der Waals surface area (Å²) in [5.74, 6) is -6.46. The number of rotatable bonds is 7. The van der Waals surface area contributed by atoms with E-state index >= 15 is 0 Å². The normalized spacial score (nSPS) is 14.8. The van der Waals surface area contributed by atoms with Crippen molar-refractivity contribution in [3.05, 3.63) is 65.1 Å². The van der Waals surface area contributed by atoms with Crippen molar-refractivity contribution in [2.24, 2.45) is 0 Å². The minimum absolute atomic E-state index is 0.000293. The fourth-order valence-electron chi connectivity index (χ4n) is 3.35. The van der Waals surface area contributed by atoms with E-state index in [2.05, 4.69) is 5.32 Å². The summed E-state index contributed by atoms with van der Waals surface area (Å²) in [5.41, 5.74) is -1.71. The number of likely N-dealkylation sites (N-methyl/N-ethyl adjacent to an activating group) is 1. The van der Waals surface area contributed by atoms with Gasteiger partial charge in [0.2, 0.25) is 5.78 Å². The number of esters is 1. The molecule has 176 valence electrons. The number of ether oxygens (including phenoxy) is 1. The minimum atomic E-state index is -1.55. The van der Waals surface area contributed by atoms with Crippen molar-refractivity contribution < 1.29 is 32.6 Å². The summed E-state index contributed by atoms with van der Waals surface area (Å²) >= 11 is 0. The summed E-state index contributed by atoms with van der Waals surface area (Å²) in [6.07, 6.45) is 0.969. The number of hydrogen-bond donors (Lipinski definition) is 2. The molecule has 3 rings (SSSR count). The molecule has 0 aliphatic carbocycles. The molecular weight excluding hydrogens is 439 g/mol. The number of aromatic hydroxyl groups is 1. The van der Waals surface area contributed by atoms with E-state index in [0.29, 0.717) is 37.9 Å².